The molecule has 2 unspecified atom stereocenters. The summed E-state index contributed by atoms with van der Waals surface area (Å²) in [6.07, 6.45) is -1.70. The first-order valence-corrected chi connectivity index (χ1v) is 11.6. The largest absolute Gasteiger partial charge is 0.496 e. The predicted molar refractivity (Wildman–Crippen MR) is 121 cm³/mol. The van der Waals surface area contributed by atoms with E-state index in [0.717, 1.165) is 30.5 Å². The fraction of sp³-hybridized carbons (Fsp3) is 0.500. The van der Waals surface area contributed by atoms with Gasteiger partial charge in [0, 0.05) is 32.5 Å². The van der Waals surface area contributed by atoms with Gasteiger partial charge in [-0.2, -0.15) is 13.2 Å². The van der Waals surface area contributed by atoms with Crippen molar-refractivity contribution in [2.24, 2.45) is 0 Å². The van der Waals surface area contributed by atoms with Gasteiger partial charge in [0.15, 0.2) is 0 Å². The van der Waals surface area contributed by atoms with E-state index in [1.807, 2.05) is 25.1 Å². The second-order valence-electron chi connectivity index (χ2n) is 8.92. The monoisotopic (exact) mass is 477 g/mol. The van der Waals surface area contributed by atoms with Crippen LogP contribution in [-0.2, 0) is 15.7 Å². The van der Waals surface area contributed by atoms with Crippen molar-refractivity contribution in [3.63, 3.8) is 0 Å². The SMILES string of the molecule is CCOC1CC(c2ccccc2)OC2(CCN(C(=O)c3ccc(C(F)(F)F)cc3OC)CC2)C1. The minimum atomic E-state index is -4.50. The second kappa shape index (κ2) is 9.96. The number of hydrogen-bond donors (Lipinski definition) is 0. The topological polar surface area (TPSA) is 48.0 Å². The highest BCUT2D eigenvalue weighted by Crippen LogP contribution is 2.44. The Hall–Kier alpha value is -2.58. The van der Waals surface area contributed by atoms with E-state index in [4.69, 9.17) is 14.2 Å². The molecule has 5 nitrogen and oxygen atoms in total. The van der Waals surface area contributed by atoms with Crippen LogP contribution in [0.1, 0.15) is 60.2 Å². The van der Waals surface area contributed by atoms with Gasteiger partial charge in [-0.3, -0.25) is 4.79 Å². The Morgan fingerprint density at radius 3 is 2.47 bits per heavy atom. The number of benzene rings is 2. The molecule has 0 aromatic heterocycles. The summed E-state index contributed by atoms with van der Waals surface area (Å²) in [7, 11) is 1.27. The third-order valence-corrected chi connectivity index (χ3v) is 6.76. The van der Waals surface area contributed by atoms with Crippen LogP contribution in [-0.4, -0.2) is 49.3 Å². The van der Waals surface area contributed by atoms with Crippen LogP contribution in [0.25, 0.3) is 0 Å². The third kappa shape index (κ3) is 5.23. The number of rotatable bonds is 5. The Bertz CT molecular complexity index is 987. The normalized spacial score (nSPS) is 22.6. The summed E-state index contributed by atoms with van der Waals surface area (Å²) in [6, 6.07) is 13.1. The van der Waals surface area contributed by atoms with Crippen molar-refractivity contribution >= 4 is 5.91 Å². The summed E-state index contributed by atoms with van der Waals surface area (Å²) < 4.78 is 56.9. The molecule has 0 aliphatic carbocycles. The minimum absolute atomic E-state index is 0.0706. The lowest BCUT2D eigenvalue weighted by Crippen LogP contribution is -2.52. The van der Waals surface area contributed by atoms with E-state index in [-0.39, 0.29) is 29.4 Å². The molecule has 184 valence electrons. The number of amides is 1. The van der Waals surface area contributed by atoms with Crippen LogP contribution in [0.15, 0.2) is 48.5 Å². The van der Waals surface area contributed by atoms with E-state index in [2.05, 4.69) is 12.1 Å². The van der Waals surface area contributed by atoms with Gasteiger partial charge in [-0.25, -0.2) is 0 Å². The molecule has 0 radical (unpaired) electrons. The van der Waals surface area contributed by atoms with Crippen LogP contribution >= 0.6 is 0 Å². The number of likely N-dealkylation sites (tertiary alicyclic amines) is 1. The van der Waals surface area contributed by atoms with Crippen molar-refractivity contribution in [3.05, 3.63) is 65.2 Å². The maximum Gasteiger partial charge on any atom is 0.416 e. The molecule has 4 rings (SSSR count). The number of methoxy groups -OCH3 is 1. The van der Waals surface area contributed by atoms with Crippen molar-refractivity contribution in [2.45, 2.75) is 56.6 Å². The number of hydrogen-bond acceptors (Lipinski definition) is 4. The number of halogens is 3. The molecule has 0 saturated carbocycles. The number of ether oxygens (including phenoxy) is 3. The van der Waals surface area contributed by atoms with Gasteiger partial charge in [-0.15, -0.1) is 0 Å². The summed E-state index contributed by atoms with van der Waals surface area (Å²) >= 11 is 0. The number of piperidine rings is 1. The van der Waals surface area contributed by atoms with Gasteiger partial charge in [0.05, 0.1) is 36.0 Å². The zero-order chi connectivity index (χ0) is 24.3. The Morgan fingerprint density at radius 2 is 1.85 bits per heavy atom. The van der Waals surface area contributed by atoms with Crippen LogP contribution in [0.3, 0.4) is 0 Å². The number of carbonyl (C=O) groups is 1. The summed E-state index contributed by atoms with van der Waals surface area (Å²) in [6.45, 7) is 3.51. The Balaban J connectivity index is 1.49. The Labute approximate surface area is 197 Å². The quantitative estimate of drug-likeness (QED) is 0.559. The van der Waals surface area contributed by atoms with Crippen LogP contribution in [0, 0.1) is 0 Å². The van der Waals surface area contributed by atoms with Gasteiger partial charge in [0.1, 0.15) is 5.75 Å². The second-order valence-corrected chi connectivity index (χ2v) is 8.92. The number of alkyl halides is 3. The lowest BCUT2D eigenvalue weighted by atomic mass is 9.80. The van der Waals surface area contributed by atoms with E-state index in [9.17, 15) is 18.0 Å². The zero-order valence-electron chi connectivity index (χ0n) is 19.4. The summed E-state index contributed by atoms with van der Waals surface area (Å²) in [5.41, 5.74) is -0.00719. The van der Waals surface area contributed by atoms with Crippen molar-refractivity contribution in [1.29, 1.82) is 0 Å². The molecule has 1 amide bonds. The molecular formula is C26H30F3NO4. The maximum absolute atomic E-state index is 13.2. The van der Waals surface area contributed by atoms with Gasteiger partial charge in [-0.05, 0) is 43.5 Å². The van der Waals surface area contributed by atoms with Gasteiger partial charge in [-0.1, -0.05) is 30.3 Å². The number of carbonyl (C=O) groups excluding carboxylic acids is 1. The first-order valence-electron chi connectivity index (χ1n) is 11.6. The van der Waals surface area contributed by atoms with Crippen LogP contribution < -0.4 is 4.74 Å². The molecule has 34 heavy (non-hydrogen) atoms. The van der Waals surface area contributed by atoms with E-state index >= 15 is 0 Å². The number of nitrogens with zero attached hydrogens (tertiary/aromatic N) is 1. The summed E-state index contributed by atoms with van der Waals surface area (Å²) in [5.74, 6) is -0.410. The molecule has 2 aromatic carbocycles. The molecule has 2 aliphatic rings. The van der Waals surface area contributed by atoms with Crippen LogP contribution in [0.2, 0.25) is 0 Å². The molecule has 2 heterocycles. The first-order chi connectivity index (χ1) is 16.2. The van der Waals surface area contributed by atoms with Crippen LogP contribution in [0.4, 0.5) is 13.2 Å². The maximum atomic E-state index is 13.2. The molecule has 2 aromatic rings. The molecule has 2 atom stereocenters. The zero-order valence-corrected chi connectivity index (χ0v) is 19.4. The Kier molecular flexibility index (Phi) is 7.19. The lowest BCUT2D eigenvalue weighted by Gasteiger charge is -2.48. The molecule has 2 saturated heterocycles. The summed E-state index contributed by atoms with van der Waals surface area (Å²) in [5, 5.41) is 0. The highest BCUT2D eigenvalue weighted by molar-refractivity contribution is 5.97. The third-order valence-electron chi connectivity index (χ3n) is 6.76. The van der Waals surface area contributed by atoms with Gasteiger partial charge in [0.2, 0.25) is 0 Å². The molecule has 2 aliphatic heterocycles. The molecule has 8 heteroatoms. The van der Waals surface area contributed by atoms with Crippen molar-refractivity contribution in [3.8, 4) is 5.75 Å². The predicted octanol–water partition coefficient (Wildman–Crippen LogP) is 5.65. The van der Waals surface area contributed by atoms with Crippen molar-refractivity contribution in [2.75, 3.05) is 26.8 Å². The van der Waals surface area contributed by atoms with E-state index < -0.39 is 17.3 Å². The van der Waals surface area contributed by atoms with Gasteiger partial charge in [0.25, 0.3) is 5.91 Å². The van der Waals surface area contributed by atoms with Gasteiger partial charge >= 0.3 is 6.18 Å². The fourth-order valence-corrected chi connectivity index (χ4v) is 5.02. The van der Waals surface area contributed by atoms with E-state index in [0.29, 0.717) is 32.5 Å². The first kappa shape index (κ1) is 24.5. The van der Waals surface area contributed by atoms with Crippen molar-refractivity contribution in [1.82, 2.24) is 4.90 Å². The average Bonchev–Trinajstić information content (AvgIpc) is 2.83. The Morgan fingerprint density at radius 1 is 1.15 bits per heavy atom. The van der Waals surface area contributed by atoms with Crippen molar-refractivity contribution < 1.29 is 32.2 Å². The minimum Gasteiger partial charge on any atom is -0.496 e. The average molecular weight is 478 g/mol. The van der Waals surface area contributed by atoms with Gasteiger partial charge < -0.3 is 19.1 Å². The fourth-order valence-electron chi connectivity index (χ4n) is 5.02. The molecule has 0 bridgehead atoms. The molecular weight excluding hydrogens is 447 g/mol. The molecule has 0 N–H and O–H groups in total. The van der Waals surface area contributed by atoms with E-state index in [1.165, 1.54) is 13.2 Å². The highest BCUT2D eigenvalue weighted by Gasteiger charge is 2.45. The lowest BCUT2D eigenvalue weighted by molar-refractivity contribution is -0.190. The standard InChI is InChI=1S/C26H30F3NO4/c1-3-33-20-16-22(18-7-5-4-6-8-18)34-25(17-20)11-13-30(14-12-25)24(31)21-10-9-19(26(27,28)29)15-23(21)32-2/h4-10,15,20,22H,3,11-14,16-17H2,1-2H3. The van der Waals surface area contributed by atoms with E-state index in [1.54, 1.807) is 4.90 Å². The van der Waals surface area contributed by atoms with Crippen LogP contribution in [0.5, 0.6) is 5.75 Å². The summed E-state index contributed by atoms with van der Waals surface area (Å²) in [4.78, 5) is 14.8. The smallest absolute Gasteiger partial charge is 0.416 e. The molecule has 2 fully saturated rings. The molecule has 1 spiro atoms. The highest BCUT2D eigenvalue weighted by atomic mass is 19.4.